The van der Waals surface area contributed by atoms with Crippen LogP contribution in [0.5, 0.6) is 5.75 Å². The first-order valence-corrected chi connectivity index (χ1v) is 6.76. The number of carbonyl (C=O) groups is 1. The predicted molar refractivity (Wildman–Crippen MR) is 74.8 cm³/mol. The van der Waals surface area contributed by atoms with Gasteiger partial charge in [-0.15, -0.1) is 11.3 Å². The molecule has 2 rings (SSSR count). The summed E-state index contributed by atoms with van der Waals surface area (Å²) < 4.78 is 10.1. The fraction of sp³-hybridized carbons (Fsp3) is 0.286. The van der Waals surface area contributed by atoms with E-state index < -0.39 is 0 Å². The first-order valence-electron chi connectivity index (χ1n) is 5.94. The van der Waals surface area contributed by atoms with E-state index in [0.717, 1.165) is 21.2 Å². The summed E-state index contributed by atoms with van der Waals surface area (Å²) in [4.78, 5) is 16.9. The van der Waals surface area contributed by atoms with Gasteiger partial charge in [-0.2, -0.15) is 0 Å². The number of benzene rings is 1. The summed E-state index contributed by atoms with van der Waals surface area (Å²) in [6, 6.07) is 7.59. The van der Waals surface area contributed by atoms with Crippen LogP contribution in [0.3, 0.4) is 0 Å². The van der Waals surface area contributed by atoms with Gasteiger partial charge in [0.1, 0.15) is 10.8 Å². The van der Waals surface area contributed by atoms with Gasteiger partial charge in [0.15, 0.2) is 5.69 Å². The van der Waals surface area contributed by atoms with Crippen LogP contribution < -0.4 is 4.74 Å². The molecule has 0 aliphatic heterocycles. The van der Waals surface area contributed by atoms with Gasteiger partial charge in [0.25, 0.3) is 0 Å². The number of hydrogen-bond donors (Lipinski definition) is 0. The van der Waals surface area contributed by atoms with Crippen LogP contribution in [0.15, 0.2) is 24.3 Å². The zero-order valence-electron chi connectivity index (χ0n) is 11.1. The molecule has 19 heavy (non-hydrogen) atoms. The number of carbonyl (C=O) groups excluding carboxylic acids is 1. The van der Waals surface area contributed by atoms with Gasteiger partial charge in [-0.3, -0.25) is 0 Å². The van der Waals surface area contributed by atoms with E-state index in [1.807, 2.05) is 31.2 Å². The summed E-state index contributed by atoms with van der Waals surface area (Å²) in [5.41, 5.74) is 1.36. The van der Waals surface area contributed by atoms with Crippen LogP contribution in [-0.2, 0) is 4.74 Å². The van der Waals surface area contributed by atoms with Crippen LogP contribution in [0, 0.1) is 6.92 Å². The summed E-state index contributed by atoms with van der Waals surface area (Å²) in [5, 5.41) is 0.809. The fourth-order valence-corrected chi connectivity index (χ4v) is 2.55. The Kier molecular flexibility index (Phi) is 4.16. The molecular formula is C14H15NO3S. The Bertz CT molecular complexity index is 575. The van der Waals surface area contributed by atoms with Gasteiger partial charge >= 0.3 is 5.97 Å². The van der Waals surface area contributed by atoms with Gasteiger partial charge in [0.2, 0.25) is 0 Å². The summed E-state index contributed by atoms with van der Waals surface area (Å²) in [6.45, 7) is 4.01. The predicted octanol–water partition coefficient (Wildman–Crippen LogP) is 3.30. The van der Waals surface area contributed by atoms with Gasteiger partial charge in [0, 0.05) is 10.4 Å². The van der Waals surface area contributed by atoms with Gasteiger partial charge < -0.3 is 9.47 Å². The summed E-state index contributed by atoms with van der Waals surface area (Å²) >= 11 is 1.48. The third-order valence-corrected chi connectivity index (χ3v) is 3.62. The molecule has 1 heterocycles. The number of methoxy groups -OCH3 is 1. The molecule has 0 aliphatic carbocycles. The molecule has 0 atom stereocenters. The van der Waals surface area contributed by atoms with Crippen LogP contribution in [0.2, 0.25) is 0 Å². The SMILES string of the molecule is CCOC(=O)c1nc(-c2ccc(OC)cc2)sc1C. The Hall–Kier alpha value is -1.88. The maximum absolute atomic E-state index is 11.7. The van der Waals surface area contributed by atoms with Crippen LogP contribution in [0.25, 0.3) is 10.6 Å². The first-order chi connectivity index (χ1) is 9.15. The molecule has 0 spiro atoms. The molecule has 4 nitrogen and oxygen atoms in total. The molecule has 0 bridgehead atoms. The number of aryl methyl sites for hydroxylation is 1. The third kappa shape index (κ3) is 2.93. The van der Waals surface area contributed by atoms with Crippen LogP contribution >= 0.6 is 11.3 Å². The van der Waals surface area contributed by atoms with E-state index in [9.17, 15) is 4.79 Å². The summed E-state index contributed by atoms with van der Waals surface area (Å²) in [6.07, 6.45) is 0. The Morgan fingerprint density at radius 2 is 2.00 bits per heavy atom. The highest BCUT2D eigenvalue weighted by Gasteiger charge is 2.17. The van der Waals surface area contributed by atoms with E-state index >= 15 is 0 Å². The lowest BCUT2D eigenvalue weighted by Crippen LogP contribution is -2.06. The van der Waals surface area contributed by atoms with E-state index in [1.54, 1.807) is 14.0 Å². The van der Waals surface area contributed by atoms with Gasteiger partial charge in [-0.05, 0) is 38.1 Å². The molecule has 0 saturated carbocycles. The van der Waals surface area contributed by atoms with Crippen molar-refractivity contribution in [2.24, 2.45) is 0 Å². The van der Waals surface area contributed by atoms with Crippen molar-refractivity contribution in [1.82, 2.24) is 4.98 Å². The molecule has 0 saturated heterocycles. The molecule has 0 aliphatic rings. The molecule has 0 unspecified atom stereocenters. The molecule has 0 fully saturated rings. The van der Waals surface area contributed by atoms with Gasteiger partial charge in [-0.25, -0.2) is 9.78 Å². The van der Waals surface area contributed by atoms with Crippen LogP contribution in [0.4, 0.5) is 0 Å². The average Bonchev–Trinajstić information content (AvgIpc) is 2.81. The highest BCUT2D eigenvalue weighted by atomic mass is 32.1. The molecule has 100 valence electrons. The lowest BCUT2D eigenvalue weighted by Gasteiger charge is -2.00. The van der Waals surface area contributed by atoms with E-state index in [2.05, 4.69) is 4.98 Å². The Labute approximate surface area is 116 Å². The van der Waals surface area contributed by atoms with Crippen molar-refractivity contribution < 1.29 is 14.3 Å². The van der Waals surface area contributed by atoms with Gasteiger partial charge in [0.05, 0.1) is 13.7 Å². The zero-order chi connectivity index (χ0) is 13.8. The second-order valence-corrected chi connectivity index (χ2v) is 5.08. The van der Waals surface area contributed by atoms with E-state index in [1.165, 1.54) is 11.3 Å². The highest BCUT2D eigenvalue weighted by molar-refractivity contribution is 7.15. The highest BCUT2D eigenvalue weighted by Crippen LogP contribution is 2.29. The maximum atomic E-state index is 11.7. The molecule has 0 radical (unpaired) electrons. The van der Waals surface area contributed by atoms with Crippen LogP contribution in [-0.4, -0.2) is 24.7 Å². The monoisotopic (exact) mass is 277 g/mol. The summed E-state index contributed by atoms with van der Waals surface area (Å²) in [7, 11) is 1.63. The van der Waals surface area contributed by atoms with Crippen molar-refractivity contribution >= 4 is 17.3 Å². The third-order valence-electron chi connectivity index (χ3n) is 2.60. The average molecular weight is 277 g/mol. The van der Waals surface area contributed by atoms with Gasteiger partial charge in [-0.1, -0.05) is 0 Å². The second-order valence-electron chi connectivity index (χ2n) is 3.87. The van der Waals surface area contributed by atoms with Crippen molar-refractivity contribution in [1.29, 1.82) is 0 Å². The molecule has 0 amide bonds. The lowest BCUT2D eigenvalue weighted by atomic mass is 10.2. The minimum Gasteiger partial charge on any atom is -0.497 e. The Balaban J connectivity index is 2.30. The molecular weight excluding hydrogens is 262 g/mol. The Morgan fingerprint density at radius 1 is 1.32 bits per heavy atom. The number of nitrogens with zero attached hydrogens (tertiary/aromatic N) is 1. The van der Waals surface area contributed by atoms with Crippen molar-refractivity contribution in [2.75, 3.05) is 13.7 Å². The molecule has 1 aromatic heterocycles. The van der Waals surface area contributed by atoms with E-state index in [0.29, 0.717) is 12.3 Å². The van der Waals surface area contributed by atoms with Crippen LogP contribution in [0.1, 0.15) is 22.3 Å². The molecule has 2 aromatic rings. The normalized spacial score (nSPS) is 10.3. The minimum absolute atomic E-state index is 0.355. The number of aromatic nitrogens is 1. The fourth-order valence-electron chi connectivity index (χ4n) is 1.64. The maximum Gasteiger partial charge on any atom is 0.358 e. The summed E-state index contributed by atoms with van der Waals surface area (Å²) in [5.74, 6) is 0.429. The van der Waals surface area contributed by atoms with Crippen molar-refractivity contribution in [3.8, 4) is 16.3 Å². The first kappa shape index (κ1) is 13.5. The van der Waals surface area contributed by atoms with Crippen molar-refractivity contribution in [3.05, 3.63) is 34.8 Å². The molecule has 1 aromatic carbocycles. The lowest BCUT2D eigenvalue weighted by molar-refractivity contribution is 0.0519. The van der Waals surface area contributed by atoms with Crippen molar-refractivity contribution in [2.45, 2.75) is 13.8 Å². The number of hydrogen-bond acceptors (Lipinski definition) is 5. The topological polar surface area (TPSA) is 48.4 Å². The number of thiazole rings is 1. The van der Waals surface area contributed by atoms with E-state index in [4.69, 9.17) is 9.47 Å². The van der Waals surface area contributed by atoms with E-state index in [-0.39, 0.29) is 5.97 Å². The molecule has 5 heteroatoms. The standard InChI is InChI=1S/C14H15NO3S/c1-4-18-14(16)12-9(2)19-13(15-12)10-5-7-11(17-3)8-6-10/h5-8H,4H2,1-3H3. The quantitative estimate of drug-likeness (QED) is 0.804. The Morgan fingerprint density at radius 3 is 2.58 bits per heavy atom. The number of rotatable bonds is 4. The number of ether oxygens (including phenoxy) is 2. The largest absolute Gasteiger partial charge is 0.497 e. The number of esters is 1. The zero-order valence-corrected chi connectivity index (χ0v) is 11.9. The van der Waals surface area contributed by atoms with Crippen molar-refractivity contribution in [3.63, 3.8) is 0 Å². The minimum atomic E-state index is -0.365. The smallest absolute Gasteiger partial charge is 0.358 e. The second kappa shape index (κ2) is 5.84. The molecule has 0 N–H and O–H groups in total.